The summed E-state index contributed by atoms with van der Waals surface area (Å²) in [4.78, 5) is 9.71. The molecule has 23 heavy (non-hydrogen) atoms. The van der Waals surface area contributed by atoms with Gasteiger partial charge in [-0.1, -0.05) is 50.9 Å². The first kappa shape index (κ1) is 16.9. The minimum atomic E-state index is 0.436. The number of alkyl halides is 1. The second-order valence-corrected chi connectivity index (χ2v) is 7.57. The molecule has 0 saturated heterocycles. The highest BCUT2D eigenvalue weighted by atomic mass is 79.9. The van der Waals surface area contributed by atoms with Crippen LogP contribution in [0.15, 0.2) is 40.5 Å². The van der Waals surface area contributed by atoms with E-state index in [4.69, 9.17) is 28.9 Å². The molecule has 0 aliphatic rings. The summed E-state index contributed by atoms with van der Waals surface area (Å²) >= 11 is 17.1. The lowest BCUT2D eigenvalue weighted by Crippen LogP contribution is -2.00. The van der Waals surface area contributed by atoms with Crippen molar-refractivity contribution < 1.29 is 0 Å². The number of benzene rings is 1. The van der Waals surface area contributed by atoms with E-state index in [1.54, 1.807) is 12.3 Å². The van der Waals surface area contributed by atoms with Gasteiger partial charge in [0, 0.05) is 33.0 Å². The van der Waals surface area contributed by atoms with Crippen LogP contribution in [0.2, 0.25) is 10.0 Å². The number of hydrogen-bond acceptors (Lipinski definition) is 4. The van der Waals surface area contributed by atoms with Crippen LogP contribution >= 0.6 is 50.9 Å². The second kappa shape index (κ2) is 7.30. The molecule has 2 aromatic heterocycles. The number of halogens is 3. The van der Waals surface area contributed by atoms with Crippen LogP contribution in [0.1, 0.15) is 6.42 Å². The average molecular weight is 432 g/mol. The van der Waals surface area contributed by atoms with E-state index < -0.39 is 0 Å². The van der Waals surface area contributed by atoms with E-state index in [1.807, 2.05) is 18.2 Å². The number of nitrogens with zero attached hydrogens (tertiary/aromatic N) is 3. The Labute approximate surface area is 156 Å². The third-order valence-electron chi connectivity index (χ3n) is 3.22. The molecule has 4 nitrogen and oxygen atoms in total. The number of aryl methyl sites for hydroxylation is 1. The van der Waals surface area contributed by atoms with Crippen molar-refractivity contribution in [3.63, 3.8) is 0 Å². The number of nitrogen functional groups attached to an aromatic ring is 1. The topological polar surface area (TPSA) is 56.7 Å². The van der Waals surface area contributed by atoms with E-state index in [1.165, 1.54) is 11.8 Å². The minimum absolute atomic E-state index is 0.436. The van der Waals surface area contributed by atoms with Crippen molar-refractivity contribution in [1.82, 2.24) is 14.5 Å². The summed E-state index contributed by atoms with van der Waals surface area (Å²) in [6.45, 7) is 0.835. The summed E-state index contributed by atoms with van der Waals surface area (Å²) in [6, 6.07) is 7.38. The number of rotatable bonds is 5. The Morgan fingerprint density at radius 3 is 2.65 bits per heavy atom. The molecule has 8 heteroatoms. The summed E-state index contributed by atoms with van der Waals surface area (Å²) in [7, 11) is 0. The normalized spacial score (nSPS) is 11.3. The van der Waals surface area contributed by atoms with Crippen molar-refractivity contribution >= 4 is 67.7 Å². The number of anilines is 1. The SMILES string of the molecule is Nc1nccc2c1nc(Sc1cc(Cl)cc(Cl)c1)n2CCCBr. The smallest absolute Gasteiger partial charge is 0.174 e. The number of aromatic nitrogens is 3. The molecule has 3 aromatic rings. The largest absolute Gasteiger partial charge is 0.382 e. The van der Waals surface area contributed by atoms with Crippen molar-refractivity contribution in [2.75, 3.05) is 11.1 Å². The van der Waals surface area contributed by atoms with Crippen LogP contribution in [-0.4, -0.2) is 19.9 Å². The zero-order valence-corrected chi connectivity index (χ0v) is 15.9. The highest BCUT2D eigenvalue weighted by molar-refractivity contribution is 9.09. The number of pyridine rings is 1. The summed E-state index contributed by atoms with van der Waals surface area (Å²) in [6.07, 6.45) is 2.69. The molecule has 0 atom stereocenters. The minimum Gasteiger partial charge on any atom is -0.382 e. The molecule has 1 aromatic carbocycles. The molecule has 0 unspecified atom stereocenters. The number of hydrogen-bond donors (Lipinski definition) is 1. The van der Waals surface area contributed by atoms with Gasteiger partial charge in [-0.05, 0) is 30.7 Å². The van der Waals surface area contributed by atoms with Gasteiger partial charge in [0.05, 0.1) is 5.52 Å². The molecule has 0 aliphatic heterocycles. The van der Waals surface area contributed by atoms with E-state index in [0.29, 0.717) is 15.9 Å². The standard InChI is InChI=1S/C15H13BrCl2N4S/c16-3-1-5-22-12-2-4-20-14(19)13(12)21-15(22)23-11-7-9(17)6-10(18)8-11/h2,4,6-8H,1,3,5H2,(H2,19,20). The Bertz CT molecular complexity index is 833. The molecule has 3 rings (SSSR count). The molecule has 0 spiro atoms. The van der Waals surface area contributed by atoms with E-state index in [9.17, 15) is 0 Å². The number of fused-ring (bicyclic) bond motifs is 1. The zero-order chi connectivity index (χ0) is 16.4. The first-order valence-electron chi connectivity index (χ1n) is 6.89. The average Bonchev–Trinajstić information content (AvgIpc) is 2.83. The summed E-state index contributed by atoms with van der Waals surface area (Å²) < 4.78 is 2.15. The van der Waals surface area contributed by atoms with Gasteiger partial charge in [0.2, 0.25) is 0 Å². The Kier molecular flexibility index (Phi) is 5.36. The molecule has 120 valence electrons. The van der Waals surface area contributed by atoms with Crippen molar-refractivity contribution in [3.05, 3.63) is 40.5 Å². The fourth-order valence-corrected chi connectivity index (χ4v) is 4.18. The Hall–Kier alpha value is -0.950. The fourth-order valence-electron chi connectivity index (χ4n) is 2.26. The van der Waals surface area contributed by atoms with Crippen molar-refractivity contribution in [1.29, 1.82) is 0 Å². The van der Waals surface area contributed by atoms with E-state index in [2.05, 4.69) is 30.5 Å². The zero-order valence-electron chi connectivity index (χ0n) is 12.0. The molecule has 0 amide bonds. The van der Waals surface area contributed by atoms with Gasteiger partial charge in [-0.15, -0.1) is 0 Å². The summed E-state index contributed by atoms with van der Waals surface area (Å²) in [5.74, 6) is 0.436. The molecular formula is C15H13BrCl2N4S. The molecule has 0 radical (unpaired) electrons. The van der Waals surface area contributed by atoms with Gasteiger partial charge in [0.1, 0.15) is 5.52 Å². The Morgan fingerprint density at radius 2 is 1.96 bits per heavy atom. The lowest BCUT2D eigenvalue weighted by atomic mass is 10.3. The highest BCUT2D eigenvalue weighted by Gasteiger charge is 2.14. The molecular weight excluding hydrogens is 419 g/mol. The van der Waals surface area contributed by atoms with Crippen molar-refractivity contribution in [3.8, 4) is 0 Å². The van der Waals surface area contributed by atoms with Crippen LogP contribution in [0.5, 0.6) is 0 Å². The summed E-state index contributed by atoms with van der Waals surface area (Å²) in [5.41, 5.74) is 7.66. The molecule has 0 aliphatic carbocycles. The van der Waals surface area contributed by atoms with Crippen LogP contribution in [0.4, 0.5) is 5.82 Å². The Morgan fingerprint density at radius 1 is 1.22 bits per heavy atom. The maximum atomic E-state index is 6.08. The van der Waals surface area contributed by atoms with Gasteiger partial charge in [-0.3, -0.25) is 0 Å². The van der Waals surface area contributed by atoms with Crippen LogP contribution in [0.3, 0.4) is 0 Å². The fraction of sp³-hybridized carbons (Fsp3) is 0.200. The third-order valence-corrected chi connectivity index (χ3v) is 5.18. The van der Waals surface area contributed by atoms with Gasteiger partial charge in [-0.25, -0.2) is 9.97 Å². The van der Waals surface area contributed by atoms with Crippen LogP contribution in [-0.2, 0) is 6.54 Å². The second-order valence-electron chi connectivity index (χ2n) is 4.86. The number of nitrogens with two attached hydrogens (primary N) is 1. The first-order valence-corrected chi connectivity index (χ1v) is 9.58. The van der Waals surface area contributed by atoms with Crippen LogP contribution in [0, 0.1) is 0 Å². The van der Waals surface area contributed by atoms with Crippen LogP contribution < -0.4 is 5.73 Å². The van der Waals surface area contributed by atoms with E-state index in [-0.39, 0.29) is 0 Å². The lowest BCUT2D eigenvalue weighted by Gasteiger charge is -2.08. The predicted octanol–water partition coefficient (Wildman–Crippen LogP) is 5.26. The first-order chi connectivity index (χ1) is 11.1. The van der Waals surface area contributed by atoms with Gasteiger partial charge in [-0.2, -0.15) is 0 Å². The molecule has 2 N–H and O–H groups in total. The van der Waals surface area contributed by atoms with E-state index >= 15 is 0 Å². The van der Waals surface area contributed by atoms with Gasteiger partial charge in [0.15, 0.2) is 11.0 Å². The maximum Gasteiger partial charge on any atom is 0.174 e. The highest BCUT2D eigenvalue weighted by Crippen LogP contribution is 2.34. The molecule has 0 fully saturated rings. The van der Waals surface area contributed by atoms with Gasteiger partial charge >= 0.3 is 0 Å². The van der Waals surface area contributed by atoms with Crippen LogP contribution in [0.25, 0.3) is 11.0 Å². The molecule has 0 bridgehead atoms. The third kappa shape index (κ3) is 3.76. The number of imidazole rings is 1. The molecule has 2 heterocycles. The summed E-state index contributed by atoms with van der Waals surface area (Å²) in [5, 5.41) is 2.97. The van der Waals surface area contributed by atoms with Gasteiger partial charge < -0.3 is 10.3 Å². The van der Waals surface area contributed by atoms with E-state index in [0.717, 1.165) is 39.4 Å². The monoisotopic (exact) mass is 430 g/mol. The molecule has 0 saturated carbocycles. The van der Waals surface area contributed by atoms with Crippen molar-refractivity contribution in [2.45, 2.75) is 23.0 Å². The lowest BCUT2D eigenvalue weighted by molar-refractivity contribution is 0.644. The Balaban J connectivity index is 2.06. The predicted molar refractivity (Wildman–Crippen MR) is 101 cm³/mol. The maximum absolute atomic E-state index is 6.08. The van der Waals surface area contributed by atoms with Gasteiger partial charge in [0.25, 0.3) is 0 Å². The van der Waals surface area contributed by atoms with Crippen molar-refractivity contribution in [2.24, 2.45) is 0 Å². The quantitative estimate of drug-likeness (QED) is 0.560.